The van der Waals surface area contributed by atoms with Gasteiger partial charge in [0.15, 0.2) is 5.76 Å². The number of hydrogen-bond donors (Lipinski definition) is 2. The quantitative estimate of drug-likeness (QED) is 0.834. The standard InChI is InChI=1S/C12H12N2O5/c1-7-9(10(5-15)19-14-7)6-18-11-3-2-8(4-13-11)12(16)17/h2-4,15H,5-6H2,1H3,(H,16,17). The number of carbonyl (C=O) groups is 1. The van der Waals surface area contributed by atoms with Crippen LogP contribution in [0, 0.1) is 6.92 Å². The number of carboxylic acid groups (broad SMARTS) is 1. The average molecular weight is 264 g/mol. The van der Waals surface area contributed by atoms with Crippen LogP contribution in [0.4, 0.5) is 0 Å². The van der Waals surface area contributed by atoms with Crippen molar-refractivity contribution in [3.05, 3.63) is 40.9 Å². The molecule has 2 heterocycles. The first-order valence-electron chi connectivity index (χ1n) is 5.49. The van der Waals surface area contributed by atoms with E-state index in [1.165, 1.54) is 18.3 Å². The number of rotatable bonds is 5. The van der Waals surface area contributed by atoms with Gasteiger partial charge in [0.1, 0.15) is 13.2 Å². The Morgan fingerprint density at radius 3 is 2.84 bits per heavy atom. The van der Waals surface area contributed by atoms with E-state index >= 15 is 0 Å². The third-order valence-corrected chi connectivity index (χ3v) is 2.56. The summed E-state index contributed by atoms with van der Waals surface area (Å²) in [4.78, 5) is 14.5. The zero-order valence-electron chi connectivity index (χ0n) is 10.2. The summed E-state index contributed by atoms with van der Waals surface area (Å²) in [6.07, 6.45) is 1.21. The number of aryl methyl sites for hydroxylation is 1. The van der Waals surface area contributed by atoms with E-state index in [-0.39, 0.29) is 24.7 Å². The highest BCUT2D eigenvalue weighted by molar-refractivity contribution is 5.87. The number of hydrogen-bond acceptors (Lipinski definition) is 6. The van der Waals surface area contributed by atoms with E-state index in [1.807, 2.05) is 0 Å². The number of carboxylic acids is 1. The third kappa shape index (κ3) is 2.89. The largest absolute Gasteiger partial charge is 0.478 e. The fourth-order valence-electron chi connectivity index (χ4n) is 1.48. The molecule has 19 heavy (non-hydrogen) atoms. The Morgan fingerprint density at radius 2 is 2.26 bits per heavy atom. The highest BCUT2D eigenvalue weighted by atomic mass is 16.5. The second kappa shape index (κ2) is 5.49. The second-order valence-corrected chi connectivity index (χ2v) is 3.81. The first kappa shape index (κ1) is 13.0. The molecule has 2 rings (SSSR count). The van der Waals surface area contributed by atoms with Gasteiger partial charge >= 0.3 is 5.97 Å². The maximum absolute atomic E-state index is 10.7. The van der Waals surface area contributed by atoms with Gasteiger partial charge in [-0.25, -0.2) is 9.78 Å². The van der Waals surface area contributed by atoms with Crippen LogP contribution >= 0.6 is 0 Å². The summed E-state index contributed by atoms with van der Waals surface area (Å²) in [5.74, 6) is -0.411. The smallest absolute Gasteiger partial charge is 0.337 e. The molecule has 0 spiro atoms. The highest BCUT2D eigenvalue weighted by Gasteiger charge is 2.13. The summed E-state index contributed by atoms with van der Waals surface area (Å²) < 4.78 is 10.3. The lowest BCUT2D eigenvalue weighted by Crippen LogP contribution is -2.02. The van der Waals surface area contributed by atoms with Gasteiger partial charge in [0.25, 0.3) is 0 Å². The molecule has 0 radical (unpaired) electrons. The average Bonchev–Trinajstić information content (AvgIpc) is 2.77. The molecule has 7 heteroatoms. The normalized spacial score (nSPS) is 10.4. The van der Waals surface area contributed by atoms with Gasteiger partial charge in [-0.15, -0.1) is 0 Å². The summed E-state index contributed by atoms with van der Waals surface area (Å²) in [5.41, 5.74) is 1.38. The molecule has 0 saturated heterocycles. The van der Waals surface area contributed by atoms with Crippen molar-refractivity contribution in [2.75, 3.05) is 0 Å². The minimum absolute atomic E-state index is 0.0876. The van der Waals surface area contributed by atoms with Crippen molar-refractivity contribution in [1.29, 1.82) is 0 Å². The predicted octanol–water partition coefficient (Wildman–Crippen LogP) is 1.15. The molecule has 0 aliphatic rings. The lowest BCUT2D eigenvalue weighted by atomic mass is 10.2. The van der Waals surface area contributed by atoms with Gasteiger partial charge in [0, 0.05) is 12.3 Å². The van der Waals surface area contributed by atoms with Crippen molar-refractivity contribution in [2.24, 2.45) is 0 Å². The second-order valence-electron chi connectivity index (χ2n) is 3.81. The lowest BCUT2D eigenvalue weighted by Gasteiger charge is -2.05. The molecule has 7 nitrogen and oxygen atoms in total. The van der Waals surface area contributed by atoms with Gasteiger partial charge in [0.05, 0.1) is 16.8 Å². The lowest BCUT2D eigenvalue weighted by molar-refractivity contribution is 0.0696. The first-order valence-corrected chi connectivity index (χ1v) is 5.49. The molecule has 0 bridgehead atoms. The molecule has 0 fully saturated rings. The summed E-state index contributed by atoms with van der Waals surface area (Å²) in [6.45, 7) is 1.62. The molecule has 0 atom stereocenters. The number of aromatic nitrogens is 2. The van der Waals surface area contributed by atoms with Gasteiger partial charge in [-0.2, -0.15) is 0 Å². The van der Waals surface area contributed by atoms with Crippen LogP contribution in [-0.2, 0) is 13.2 Å². The van der Waals surface area contributed by atoms with Gasteiger partial charge in [-0.1, -0.05) is 5.16 Å². The number of pyridine rings is 1. The molecule has 0 aliphatic heterocycles. The van der Waals surface area contributed by atoms with Gasteiger partial charge < -0.3 is 19.5 Å². The molecule has 0 amide bonds. The number of aliphatic hydroxyl groups is 1. The molecule has 2 aromatic rings. The molecule has 0 unspecified atom stereocenters. The van der Waals surface area contributed by atoms with Crippen molar-refractivity contribution in [2.45, 2.75) is 20.1 Å². The van der Waals surface area contributed by atoms with Crippen molar-refractivity contribution >= 4 is 5.97 Å². The predicted molar refractivity (Wildman–Crippen MR) is 62.7 cm³/mol. The zero-order valence-corrected chi connectivity index (χ0v) is 10.2. The van der Waals surface area contributed by atoms with Crippen molar-refractivity contribution in [3.63, 3.8) is 0 Å². The molecule has 0 saturated carbocycles. The molecule has 2 aromatic heterocycles. The zero-order chi connectivity index (χ0) is 13.8. The Morgan fingerprint density at radius 1 is 1.47 bits per heavy atom. The fraction of sp³-hybridized carbons (Fsp3) is 0.250. The van der Waals surface area contributed by atoms with E-state index in [4.69, 9.17) is 19.5 Å². The van der Waals surface area contributed by atoms with Crippen LogP contribution < -0.4 is 4.74 Å². The molecule has 0 aliphatic carbocycles. The molecular formula is C12H12N2O5. The molecular weight excluding hydrogens is 252 g/mol. The van der Waals surface area contributed by atoms with E-state index in [0.29, 0.717) is 17.0 Å². The van der Waals surface area contributed by atoms with Gasteiger partial charge in [-0.05, 0) is 13.0 Å². The van der Waals surface area contributed by atoms with Crippen LogP contribution in [-0.4, -0.2) is 26.3 Å². The van der Waals surface area contributed by atoms with Gasteiger partial charge in [-0.3, -0.25) is 0 Å². The summed E-state index contributed by atoms with van der Waals surface area (Å²) >= 11 is 0. The maximum atomic E-state index is 10.7. The monoisotopic (exact) mass is 264 g/mol. The Balaban J connectivity index is 2.06. The van der Waals surface area contributed by atoms with Crippen molar-refractivity contribution in [1.82, 2.24) is 10.1 Å². The Labute approximate surface area is 108 Å². The van der Waals surface area contributed by atoms with Crippen LogP contribution in [0.2, 0.25) is 0 Å². The van der Waals surface area contributed by atoms with E-state index in [2.05, 4.69) is 10.1 Å². The number of aromatic carboxylic acids is 1. The van der Waals surface area contributed by atoms with E-state index < -0.39 is 5.97 Å². The van der Waals surface area contributed by atoms with E-state index in [9.17, 15) is 4.79 Å². The van der Waals surface area contributed by atoms with Crippen LogP contribution in [0.25, 0.3) is 0 Å². The SMILES string of the molecule is Cc1noc(CO)c1COc1ccc(C(=O)O)cn1. The number of ether oxygens (including phenoxy) is 1. The first-order chi connectivity index (χ1) is 9.11. The summed E-state index contributed by atoms with van der Waals surface area (Å²) in [7, 11) is 0. The Bertz CT molecular complexity index is 576. The molecule has 2 N–H and O–H groups in total. The minimum Gasteiger partial charge on any atom is -0.478 e. The Hall–Kier alpha value is -2.41. The minimum atomic E-state index is -1.04. The van der Waals surface area contributed by atoms with E-state index in [0.717, 1.165) is 0 Å². The van der Waals surface area contributed by atoms with Crippen LogP contribution in [0.1, 0.15) is 27.4 Å². The Kier molecular flexibility index (Phi) is 3.76. The summed E-state index contributed by atoms with van der Waals surface area (Å²) in [6, 6.07) is 2.86. The van der Waals surface area contributed by atoms with Crippen molar-refractivity contribution in [3.8, 4) is 5.88 Å². The number of aliphatic hydroxyl groups excluding tert-OH is 1. The topological polar surface area (TPSA) is 106 Å². The van der Waals surface area contributed by atoms with Crippen LogP contribution in [0.5, 0.6) is 5.88 Å². The third-order valence-electron chi connectivity index (χ3n) is 2.56. The molecule has 0 aromatic carbocycles. The van der Waals surface area contributed by atoms with Gasteiger partial charge in [0.2, 0.25) is 5.88 Å². The van der Waals surface area contributed by atoms with Crippen LogP contribution in [0.15, 0.2) is 22.9 Å². The van der Waals surface area contributed by atoms with Crippen molar-refractivity contribution < 1.29 is 24.3 Å². The summed E-state index contributed by atoms with van der Waals surface area (Å²) in [5, 5.41) is 21.5. The molecule has 100 valence electrons. The highest BCUT2D eigenvalue weighted by Crippen LogP contribution is 2.16. The maximum Gasteiger partial charge on any atom is 0.337 e. The van der Waals surface area contributed by atoms with E-state index in [1.54, 1.807) is 6.92 Å². The van der Waals surface area contributed by atoms with Crippen LogP contribution in [0.3, 0.4) is 0 Å². The fourth-order valence-corrected chi connectivity index (χ4v) is 1.48. The number of nitrogens with zero attached hydrogens (tertiary/aromatic N) is 2.